The number of benzene rings is 1. The molecule has 8 heteroatoms. The Hall–Kier alpha value is -2.45. The summed E-state index contributed by atoms with van der Waals surface area (Å²) in [5.41, 5.74) is 1.65. The Morgan fingerprint density at radius 3 is 2.13 bits per heavy atom. The summed E-state index contributed by atoms with van der Waals surface area (Å²) in [6.07, 6.45) is 0. The van der Waals surface area contributed by atoms with Gasteiger partial charge in [0.2, 0.25) is 0 Å². The van der Waals surface area contributed by atoms with Crippen LogP contribution in [0.15, 0.2) is 30.3 Å². The van der Waals surface area contributed by atoms with Crippen molar-refractivity contribution in [2.75, 3.05) is 38.6 Å². The Morgan fingerprint density at radius 1 is 0.933 bits per heavy atom. The minimum absolute atomic E-state index is 0.0190. The molecule has 30 heavy (non-hydrogen) atoms. The van der Waals surface area contributed by atoms with Crippen molar-refractivity contribution in [3.63, 3.8) is 0 Å². The Bertz CT molecular complexity index is 988. The van der Waals surface area contributed by atoms with Crippen LogP contribution in [0.1, 0.15) is 46.4 Å². The molecule has 0 aliphatic heterocycles. The van der Waals surface area contributed by atoms with Crippen molar-refractivity contribution in [1.29, 1.82) is 0 Å². The molecule has 2 heterocycles. The van der Waals surface area contributed by atoms with Gasteiger partial charge in [-0.1, -0.05) is 23.5 Å². The fourth-order valence-electron chi connectivity index (χ4n) is 3.17. The van der Waals surface area contributed by atoms with Crippen LogP contribution in [-0.4, -0.2) is 60.3 Å². The maximum absolute atomic E-state index is 13.1. The second-order valence-electron chi connectivity index (χ2n) is 7.16. The van der Waals surface area contributed by atoms with Crippen molar-refractivity contribution < 1.29 is 9.59 Å². The van der Waals surface area contributed by atoms with Gasteiger partial charge >= 0.3 is 0 Å². The number of fused-ring (bicyclic) bond motifs is 1. The summed E-state index contributed by atoms with van der Waals surface area (Å²) in [5, 5.41) is 1.01. The van der Waals surface area contributed by atoms with Gasteiger partial charge < -0.3 is 14.7 Å². The molecule has 1 aromatic carbocycles. The van der Waals surface area contributed by atoms with Gasteiger partial charge in [0, 0.05) is 45.8 Å². The quantitative estimate of drug-likeness (QED) is 0.511. The monoisotopic (exact) mass is 444 g/mol. The number of nitrogens with zero attached hydrogens (tertiary/aromatic N) is 4. The maximum atomic E-state index is 13.1. The van der Waals surface area contributed by atoms with E-state index in [0.717, 1.165) is 38.2 Å². The zero-order chi connectivity index (χ0) is 21.8. The van der Waals surface area contributed by atoms with Crippen molar-refractivity contribution in [3.05, 3.63) is 46.3 Å². The molecule has 0 atom stereocenters. The Kier molecular flexibility index (Phi) is 7.10. The smallest absolute Gasteiger partial charge is 0.264 e. The molecule has 0 radical (unpaired) electrons. The highest BCUT2D eigenvalue weighted by molar-refractivity contribution is 7.29. The number of amides is 2. The molecule has 2 amide bonds. The van der Waals surface area contributed by atoms with Crippen molar-refractivity contribution >= 4 is 49.1 Å². The second-order valence-corrected chi connectivity index (χ2v) is 9.20. The molecule has 6 nitrogen and oxygen atoms in total. The SMILES string of the molecule is CCN(Cc1ccc(C(=O)N(C)C)cc1)C(=O)c1cc2sc(N(CC)CC)nc2s1. The van der Waals surface area contributed by atoms with Crippen LogP contribution < -0.4 is 4.90 Å². The molecule has 0 saturated heterocycles. The van der Waals surface area contributed by atoms with Crippen LogP contribution in [0.4, 0.5) is 5.13 Å². The third kappa shape index (κ3) is 4.65. The van der Waals surface area contributed by atoms with Gasteiger partial charge in [0.05, 0.1) is 9.58 Å². The first-order valence-corrected chi connectivity index (χ1v) is 11.8. The Labute approximate surface area is 185 Å². The highest BCUT2D eigenvalue weighted by Gasteiger charge is 2.20. The van der Waals surface area contributed by atoms with Crippen LogP contribution in [0.3, 0.4) is 0 Å². The predicted molar refractivity (Wildman–Crippen MR) is 126 cm³/mol. The second kappa shape index (κ2) is 9.57. The van der Waals surface area contributed by atoms with Gasteiger partial charge in [-0.05, 0) is 44.5 Å². The number of carbonyl (C=O) groups excluding carboxylic acids is 2. The van der Waals surface area contributed by atoms with E-state index >= 15 is 0 Å². The standard InChI is InChI=1S/C22H28N4O2S2/c1-6-25(7-2)22-23-19-17(30-22)13-18(29-19)21(28)26(8-3)14-15-9-11-16(12-10-15)20(27)24(4)5/h9-13H,6-8,14H2,1-5H3. The van der Waals surface area contributed by atoms with Gasteiger partial charge in [0.25, 0.3) is 11.8 Å². The lowest BCUT2D eigenvalue weighted by atomic mass is 10.1. The molecule has 2 aromatic heterocycles. The third-order valence-electron chi connectivity index (χ3n) is 4.97. The minimum atomic E-state index is -0.0276. The molecule has 0 unspecified atom stereocenters. The maximum Gasteiger partial charge on any atom is 0.264 e. The molecule has 160 valence electrons. The van der Waals surface area contributed by atoms with E-state index in [1.54, 1.807) is 30.3 Å². The normalized spacial score (nSPS) is 11.0. The number of rotatable bonds is 8. The van der Waals surface area contributed by atoms with Crippen LogP contribution >= 0.6 is 22.7 Å². The highest BCUT2D eigenvalue weighted by Crippen LogP contribution is 2.35. The summed E-state index contributed by atoms with van der Waals surface area (Å²) < 4.78 is 1.06. The van der Waals surface area contributed by atoms with E-state index in [0.29, 0.717) is 18.7 Å². The Morgan fingerprint density at radius 2 is 1.60 bits per heavy atom. The molecule has 0 aliphatic carbocycles. The predicted octanol–water partition coefficient (Wildman–Crippen LogP) is 4.57. The van der Waals surface area contributed by atoms with Crippen molar-refractivity contribution in [1.82, 2.24) is 14.8 Å². The molecule has 0 fully saturated rings. The molecule has 0 saturated carbocycles. The van der Waals surface area contributed by atoms with Crippen LogP contribution in [0.25, 0.3) is 9.53 Å². The van der Waals surface area contributed by atoms with Crippen LogP contribution in [0.2, 0.25) is 0 Å². The number of hydrogen-bond donors (Lipinski definition) is 0. The number of hydrogen-bond acceptors (Lipinski definition) is 6. The van der Waals surface area contributed by atoms with Crippen LogP contribution in [0.5, 0.6) is 0 Å². The highest BCUT2D eigenvalue weighted by atomic mass is 32.1. The first-order valence-electron chi connectivity index (χ1n) is 10.1. The molecule has 0 aliphatic rings. The zero-order valence-corrected chi connectivity index (χ0v) is 19.8. The van der Waals surface area contributed by atoms with Crippen molar-refractivity contribution in [2.45, 2.75) is 27.3 Å². The molecular formula is C22H28N4O2S2. The van der Waals surface area contributed by atoms with E-state index < -0.39 is 0 Å². The van der Waals surface area contributed by atoms with Gasteiger partial charge in [-0.3, -0.25) is 9.59 Å². The lowest BCUT2D eigenvalue weighted by Crippen LogP contribution is -2.29. The van der Waals surface area contributed by atoms with Crippen LogP contribution in [-0.2, 0) is 6.54 Å². The average Bonchev–Trinajstić information content (AvgIpc) is 3.31. The fourth-order valence-corrected chi connectivity index (χ4v) is 5.48. The zero-order valence-electron chi connectivity index (χ0n) is 18.1. The Balaban J connectivity index is 1.74. The van der Waals surface area contributed by atoms with E-state index in [9.17, 15) is 9.59 Å². The van der Waals surface area contributed by atoms with Gasteiger partial charge in [0.1, 0.15) is 4.83 Å². The molecule has 3 rings (SSSR count). The summed E-state index contributed by atoms with van der Waals surface area (Å²) >= 11 is 3.10. The van der Waals surface area contributed by atoms with Crippen LogP contribution in [0, 0.1) is 0 Å². The summed E-state index contributed by atoms with van der Waals surface area (Å²) in [4.78, 5) is 37.1. The first-order chi connectivity index (χ1) is 14.4. The van der Waals surface area contributed by atoms with Crippen molar-refractivity contribution in [2.24, 2.45) is 0 Å². The third-order valence-corrected chi connectivity index (χ3v) is 7.18. The lowest BCUT2D eigenvalue weighted by Gasteiger charge is -2.20. The number of carbonyl (C=O) groups is 2. The fraction of sp³-hybridized carbons (Fsp3) is 0.409. The summed E-state index contributed by atoms with van der Waals surface area (Å²) in [6.45, 7) is 9.19. The van der Waals surface area contributed by atoms with E-state index in [-0.39, 0.29) is 11.8 Å². The average molecular weight is 445 g/mol. The largest absolute Gasteiger partial charge is 0.349 e. The number of thiophene rings is 1. The van der Waals surface area contributed by atoms with Gasteiger partial charge in [-0.25, -0.2) is 4.98 Å². The minimum Gasteiger partial charge on any atom is -0.349 e. The summed E-state index contributed by atoms with van der Waals surface area (Å²) in [6, 6.07) is 9.43. The molecule has 3 aromatic rings. The number of thiazole rings is 1. The van der Waals surface area contributed by atoms with Gasteiger partial charge in [0.15, 0.2) is 5.13 Å². The molecule has 0 N–H and O–H groups in total. The first kappa shape index (κ1) is 22.2. The van der Waals surface area contributed by atoms with Crippen molar-refractivity contribution in [3.8, 4) is 0 Å². The number of anilines is 1. The van der Waals surface area contributed by atoms with Gasteiger partial charge in [-0.15, -0.1) is 11.3 Å². The number of aromatic nitrogens is 1. The van der Waals surface area contributed by atoms with E-state index in [1.807, 2.05) is 42.2 Å². The van der Waals surface area contributed by atoms with E-state index in [4.69, 9.17) is 4.98 Å². The summed E-state index contributed by atoms with van der Waals surface area (Å²) in [5.74, 6) is -0.00857. The van der Waals surface area contributed by atoms with Gasteiger partial charge in [-0.2, -0.15) is 0 Å². The molecule has 0 spiro atoms. The molecular weight excluding hydrogens is 416 g/mol. The van der Waals surface area contributed by atoms with E-state index in [2.05, 4.69) is 18.7 Å². The summed E-state index contributed by atoms with van der Waals surface area (Å²) in [7, 11) is 3.47. The lowest BCUT2D eigenvalue weighted by molar-refractivity contribution is 0.0756. The topological polar surface area (TPSA) is 56.8 Å². The van der Waals surface area contributed by atoms with E-state index in [1.165, 1.54) is 11.3 Å². The molecule has 0 bridgehead atoms.